The summed E-state index contributed by atoms with van der Waals surface area (Å²) >= 11 is 6.01. The number of nitrogens with zero attached hydrogens (tertiary/aromatic N) is 1. The molecule has 17 heavy (non-hydrogen) atoms. The average Bonchev–Trinajstić information content (AvgIpc) is 2.28. The van der Waals surface area contributed by atoms with Gasteiger partial charge in [-0.3, -0.25) is 4.79 Å². The van der Waals surface area contributed by atoms with Gasteiger partial charge in [0.05, 0.1) is 18.0 Å². The predicted molar refractivity (Wildman–Crippen MR) is 67.6 cm³/mol. The Morgan fingerprint density at radius 2 is 2.24 bits per heavy atom. The number of alkyl halides is 1. The van der Waals surface area contributed by atoms with Crippen LogP contribution in [0.5, 0.6) is 5.88 Å². The van der Waals surface area contributed by atoms with Crippen LogP contribution < -0.4 is 10.1 Å². The van der Waals surface area contributed by atoms with Gasteiger partial charge >= 0.3 is 0 Å². The Hall–Kier alpha value is -1.29. The van der Waals surface area contributed by atoms with Gasteiger partial charge in [-0.1, -0.05) is 0 Å². The number of hydrogen-bond acceptors (Lipinski definition) is 3. The molecule has 0 radical (unpaired) electrons. The van der Waals surface area contributed by atoms with Crippen LogP contribution in [0.2, 0.25) is 0 Å². The molecule has 0 spiro atoms. The van der Waals surface area contributed by atoms with Crippen molar-refractivity contribution < 1.29 is 9.53 Å². The first-order chi connectivity index (χ1) is 7.88. The number of hydrogen-bond donors (Lipinski definition) is 1. The minimum Gasteiger partial charge on any atom is -0.480 e. The Labute approximate surface area is 106 Å². The minimum absolute atomic E-state index is 0.186. The van der Waals surface area contributed by atoms with Crippen LogP contribution in [0.1, 0.15) is 31.1 Å². The van der Waals surface area contributed by atoms with Crippen molar-refractivity contribution in [1.82, 2.24) is 10.3 Å². The van der Waals surface area contributed by atoms with Crippen molar-refractivity contribution >= 4 is 17.5 Å². The van der Waals surface area contributed by atoms with E-state index in [0.29, 0.717) is 11.4 Å². The monoisotopic (exact) mass is 256 g/mol. The quantitative estimate of drug-likeness (QED) is 0.841. The van der Waals surface area contributed by atoms with Gasteiger partial charge in [-0.25, -0.2) is 4.98 Å². The molecule has 1 N–H and O–H groups in total. The Kier molecular flexibility index (Phi) is 4.34. The summed E-state index contributed by atoms with van der Waals surface area (Å²) in [4.78, 5) is 16.0. The molecule has 1 rings (SSSR count). The van der Waals surface area contributed by atoms with Crippen LogP contribution in [0.3, 0.4) is 0 Å². The van der Waals surface area contributed by atoms with Gasteiger partial charge in [0, 0.05) is 6.20 Å². The topological polar surface area (TPSA) is 51.2 Å². The number of methoxy groups -OCH3 is 1. The predicted octanol–water partition coefficient (Wildman–Crippen LogP) is 2.23. The molecule has 0 aliphatic rings. The SMILES string of the molecule is COc1ncccc1C(=O)NC(C)(C)C(C)Cl. The standard InChI is InChI=1S/C12H17ClN2O2/c1-8(13)12(2,3)15-10(16)9-6-5-7-14-11(9)17-4/h5-8H,1-4H3,(H,15,16). The van der Waals surface area contributed by atoms with Gasteiger partial charge in [0.25, 0.3) is 5.91 Å². The second-order valence-corrected chi connectivity index (χ2v) is 5.01. The van der Waals surface area contributed by atoms with E-state index < -0.39 is 5.54 Å². The number of carbonyl (C=O) groups is 1. The van der Waals surface area contributed by atoms with Crippen molar-refractivity contribution in [2.45, 2.75) is 31.7 Å². The zero-order valence-corrected chi connectivity index (χ0v) is 11.2. The maximum absolute atomic E-state index is 12.1. The van der Waals surface area contributed by atoms with E-state index in [1.165, 1.54) is 7.11 Å². The number of rotatable bonds is 4. The normalized spacial score (nSPS) is 13.0. The molecule has 1 amide bonds. The maximum Gasteiger partial charge on any atom is 0.257 e. The highest BCUT2D eigenvalue weighted by Gasteiger charge is 2.27. The number of nitrogens with one attached hydrogen (secondary N) is 1. The molecule has 0 aromatic carbocycles. The lowest BCUT2D eigenvalue weighted by Gasteiger charge is -2.29. The molecule has 1 atom stereocenters. The Bertz CT molecular complexity index is 405. The molecule has 0 saturated carbocycles. The lowest BCUT2D eigenvalue weighted by Crippen LogP contribution is -2.49. The molecule has 1 aromatic rings. The van der Waals surface area contributed by atoms with Crippen molar-refractivity contribution in [3.05, 3.63) is 23.9 Å². The third kappa shape index (κ3) is 3.33. The number of aromatic nitrogens is 1. The molecule has 0 aliphatic carbocycles. The van der Waals surface area contributed by atoms with Crippen LogP contribution >= 0.6 is 11.6 Å². The van der Waals surface area contributed by atoms with E-state index in [1.54, 1.807) is 18.3 Å². The van der Waals surface area contributed by atoms with Crippen molar-refractivity contribution in [1.29, 1.82) is 0 Å². The fourth-order valence-electron chi connectivity index (χ4n) is 1.19. The first kappa shape index (κ1) is 13.8. The van der Waals surface area contributed by atoms with Gasteiger partial charge in [0.15, 0.2) is 0 Å². The van der Waals surface area contributed by atoms with Crippen LogP contribution in [0, 0.1) is 0 Å². The molecule has 1 unspecified atom stereocenters. The zero-order chi connectivity index (χ0) is 13.1. The maximum atomic E-state index is 12.1. The molecule has 1 aromatic heterocycles. The molecule has 0 bridgehead atoms. The van der Waals surface area contributed by atoms with Gasteiger partial charge in [-0.15, -0.1) is 11.6 Å². The van der Waals surface area contributed by atoms with Crippen LogP contribution in [0.15, 0.2) is 18.3 Å². The molecular formula is C12H17ClN2O2. The third-order valence-electron chi connectivity index (χ3n) is 2.64. The van der Waals surface area contributed by atoms with E-state index >= 15 is 0 Å². The second kappa shape index (κ2) is 5.36. The first-order valence-electron chi connectivity index (χ1n) is 5.34. The van der Waals surface area contributed by atoms with Crippen molar-refractivity contribution in [2.75, 3.05) is 7.11 Å². The van der Waals surface area contributed by atoms with E-state index in [9.17, 15) is 4.79 Å². The van der Waals surface area contributed by atoms with Gasteiger partial charge in [0.2, 0.25) is 5.88 Å². The van der Waals surface area contributed by atoms with Gasteiger partial charge in [0.1, 0.15) is 5.56 Å². The molecule has 0 aliphatic heterocycles. The summed E-state index contributed by atoms with van der Waals surface area (Å²) in [5.74, 6) is 0.0653. The first-order valence-corrected chi connectivity index (χ1v) is 5.77. The van der Waals surface area contributed by atoms with Crippen molar-refractivity contribution in [3.8, 4) is 5.88 Å². The molecule has 94 valence electrons. The Balaban J connectivity index is 2.91. The van der Waals surface area contributed by atoms with E-state index in [1.807, 2.05) is 20.8 Å². The summed E-state index contributed by atoms with van der Waals surface area (Å²) in [7, 11) is 1.48. The number of pyridine rings is 1. The highest BCUT2D eigenvalue weighted by atomic mass is 35.5. The van der Waals surface area contributed by atoms with Crippen LogP contribution in [0.4, 0.5) is 0 Å². The van der Waals surface area contributed by atoms with Crippen LogP contribution in [-0.4, -0.2) is 28.9 Å². The summed E-state index contributed by atoms with van der Waals surface area (Å²) < 4.78 is 5.04. The minimum atomic E-state index is -0.501. The Morgan fingerprint density at radius 1 is 1.59 bits per heavy atom. The summed E-state index contributed by atoms with van der Waals surface area (Å²) in [6.07, 6.45) is 1.57. The van der Waals surface area contributed by atoms with E-state index in [4.69, 9.17) is 16.3 Å². The molecule has 0 fully saturated rings. The summed E-state index contributed by atoms with van der Waals surface area (Å²) in [5.41, 5.74) is -0.0974. The smallest absolute Gasteiger partial charge is 0.257 e. The molecule has 5 heteroatoms. The average molecular weight is 257 g/mol. The highest BCUT2D eigenvalue weighted by Crippen LogP contribution is 2.18. The van der Waals surface area contributed by atoms with E-state index in [2.05, 4.69) is 10.3 Å². The van der Waals surface area contributed by atoms with Gasteiger partial charge < -0.3 is 10.1 Å². The van der Waals surface area contributed by atoms with Crippen molar-refractivity contribution in [3.63, 3.8) is 0 Å². The van der Waals surface area contributed by atoms with Gasteiger partial charge in [-0.05, 0) is 32.9 Å². The fraction of sp³-hybridized carbons (Fsp3) is 0.500. The summed E-state index contributed by atoms with van der Waals surface area (Å²) in [6, 6.07) is 3.35. The number of halogens is 1. The molecule has 1 heterocycles. The Morgan fingerprint density at radius 3 is 2.76 bits per heavy atom. The molecule has 4 nitrogen and oxygen atoms in total. The van der Waals surface area contributed by atoms with Crippen molar-refractivity contribution in [2.24, 2.45) is 0 Å². The number of carbonyl (C=O) groups excluding carboxylic acids is 1. The van der Waals surface area contributed by atoms with Gasteiger partial charge in [-0.2, -0.15) is 0 Å². The van der Waals surface area contributed by atoms with Crippen LogP contribution in [0.25, 0.3) is 0 Å². The molecular weight excluding hydrogens is 240 g/mol. The molecule has 0 saturated heterocycles. The number of ether oxygens (including phenoxy) is 1. The second-order valence-electron chi connectivity index (χ2n) is 4.35. The van der Waals surface area contributed by atoms with E-state index in [0.717, 1.165) is 0 Å². The number of amides is 1. The third-order valence-corrected chi connectivity index (χ3v) is 3.18. The summed E-state index contributed by atoms with van der Waals surface area (Å²) in [6.45, 7) is 5.57. The van der Waals surface area contributed by atoms with E-state index in [-0.39, 0.29) is 11.3 Å². The largest absolute Gasteiger partial charge is 0.480 e. The highest BCUT2D eigenvalue weighted by molar-refractivity contribution is 6.21. The fourth-order valence-corrected chi connectivity index (χ4v) is 1.24. The lowest BCUT2D eigenvalue weighted by atomic mass is 10.0. The lowest BCUT2D eigenvalue weighted by molar-refractivity contribution is 0.0908. The van der Waals surface area contributed by atoms with Crippen LogP contribution in [-0.2, 0) is 0 Å². The summed E-state index contributed by atoms with van der Waals surface area (Å²) in [5, 5.41) is 2.67. The zero-order valence-electron chi connectivity index (χ0n) is 10.5.